The predicted octanol–water partition coefficient (Wildman–Crippen LogP) is 2.31. The van der Waals surface area contributed by atoms with Crippen LogP contribution < -0.4 is 5.69 Å². The van der Waals surface area contributed by atoms with Crippen molar-refractivity contribution in [2.45, 2.75) is 37.0 Å². The van der Waals surface area contributed by atoms with E-state index in [1.807, 2.05) is 6.92 Å². The van der Waals surface area contributed by atoms with Gasteiger partial charge < -0.3 is 0 Å². The number of aromatic nitrogens is 3. The molecule has 0 saturated carbocycles. The molecule has 0 aliphatic rings. The molecule has 0 radical (unpaired) electrons. The summed E-state index contributed by atoms with van der Waals surface area (Å²) in [5, 5.41) is 5.80. The number of hydrogen-bond donors (Lipinski definition) is 1. The fourth-order valence-corrected chi connectivity index (χ4v) is 3.26. The number of benzene rings is 1. The van der Waals surface area contributed by atoms with Crippen molar-refractivity contribution in [3.8, 4) is 0 Å². The summed E-state index contributed by atoms with van der Waals surface area (Å²) >= 11 is 0. The second-order valence-electron chi connectivity index (χ2n) is 4.61. The summed E-state index contributed by atoms with van der Waals surface area (Å²) in [6.07, 6.45) is -3.90. The van der Waals surface area contributed by atoms with E-state index in [0.717, 1.165) is 6.07 Å². The highest BCUT2D eigenvalue weighted by molar-refractivity contribution is 7.84. The van der Waals surface area contributed by atoms with Crippen molar-refractivity contribution in [3.05, 3.63) is 45.9 Å². The van der Waals surface area contributed by atoms with Crippen LogP contribution in [0.2, 0.25) is 0 Å². The monoisotopic (exact) mass is 333 g/mol. The van der Waals surface area contributed by atoms with E-state index in [9.17, 15) is 22.2 Å². The lowest BCUT2D eigenvalue weighted by Gasteiger charge is -2.12. The first kappa shape index (κ1) is 16.5. The molecule has 0 saturated heterocycles. The standard InChI is InChI=1S/C13H14F3N3O2S/c1-2-7-19-11(20)17-18-12(19)22(21)8-9-5-3-4-6-10(9)13(14,15)16/h3-6H,2,7-8H2,1H3,(H,17,20)/t22-/m0/s1. The number of alkyl halides is 3. The van der Waals surface area contributed by atoms with E-state index in [-0.39, 0.29) is 16.5 Å². The van der Waals surface area contributed by atoms with Crippen LogP contribution in [-0.2, 0) is 29.3 Å². The Hall–Kier alpha value is -1.90. The van der Waals surface area contributed by atoms with Crippen LogP contribution in [0.15, 0.2) is 34.2 Å². The van der Waals surface area contributed by atoms with Crippen LogP contribution in [0.25, 0.3) is 0 Å². The molecule has 1 N–H and O–H groups in total. The molecule has 0 bridgehead atoms. The van der Waals surface area contributed by atoms with Gasteiger partial charge in [0.05, 0.1) is 22.1 Å². The van der Waals surface area contributed by atoms with E-state index in [2.05, 4.69) is 10.2 Å². The first-order valence-corrected chi connectivity index (χ1v) is 7.85. The molecule has 2 aromatic rings. The van der Waals surface area contributed by atoms with Gasteiger partial charge in [-0.25, -0.2) is 9.89 Å². The number of rotatable bonds is 5. The summed E-state index contributed by atoms with van der Waals surface area (Å²) < 4.78 is 52.3. The number of aromatic amines is 1. The van der Waals surface area contributed by atoms with Gasteiger partial charge in [-0.3, -0.25) is 8.78 Å². The SMILES string of the molecule is CCCn1c([S@@](=O)Cc2ccccc2C(F)(F)F)n[nH]c1=O. The van der Waals surface area contributed by atoms with Gasteiger partial charge in [0, 0.05) is 6.54 Å². The number of hydrogen-bond acceptors (Lipinski definition) is 3. The second kappa shape index (κ2) is 6.47. The van der Waals surface area contributed by atoms with Crippen LogP contribution in [0.3, 0.4) is 0 Å². The molecular weight excluding hydrogens is 319 g/mol. The third kappa shape index (κ3) is 3.46. The zero-order valence-electron chi connectivity index (χ0n) is 11.7. The zero-order chi connectivity index (χ0) is 16.3. The Bertz CT molecular complexity index is 737. The maximum absolute atomic E-state index is 12.9. The predicted molar refractivity (Wildman–Crippen MR) is 74.7 cm³/mol. The minimum absolute atomic E-state index is 0.0381. The van der Waals surface area contributed by atoms with Crippen molar-refractivity contribution in [2.75, 3.05) is 0 Å². The topological polar surface area (TPSA) is 67.8 Å². The summed E-state index contributed by atoms with van der Waals surface area (Å²) in [6, 6.07) is 4.94. The highest BCUT2D eigenvalue weighted by Crippen LogP contribution is 2.32. The van der Waals surface area contributed by atoms with E-state index in [0.29, 0.717) is 13.0 Å². The molecule has 0 unspecified atom stereocenters. The fourth-order valence-electron chi connectivity index (χ4n) is 2.03. The van der Waals surface area contributed by atoms with Gasteiger partial charge in [0.1, 0.15) is 0 Å². The highest BCUT2D eigenvalue weighted by Gasteiger charge is 2.33. The molecule has 9 heteroatoms. The lowest BCUT2D eigenvalue weighted by molar-refractivity contribution is -0.138. The number of H-pyrrole nitrogens is 1. The van der Waals surface area contributed by atoms with Gasteiger partial charge in [-0.2, -0.15) is 13.2 Å². The molecule has 0 fully saturated rings. The molecule has 0 amide bonds. The quantitative estimate of drug-likeness (QED) is 0.913. The van der Waals surface area contributed by atoms with Gasteiger partial charge in [0.25, 0.3) is 0 Å². The van der Waals surface area contributed by atoms with Crippen molar-refractivity contribution in [1.82, 2.24) is 14.8 Å². The Labute approximate surface area is 126 Å². The van der Waals surface area contributed by atoms with Gasteiger partial charge >= 0.3 is 11.9 Å². The van der Waals surface area contributed by atoms with E-state index in [4.69, 9.17) is 0 Å². The second-order valence-corrected chi connectivity index (χ2v) is 5.95. The largest absolute Gasteiger partial charge is 0.416 e. The van der Waals surface area contributed by atoms with Crippen LogP contribution in [0.4, 0.5) is 13.2 Å². The van der Waals surface area contributed by atoms with Crippen LogP contribution in [0.5, 0.6) is 0 Å². The Morgan fingerprint density at radius 2 is 2.00 bits per heavy atom. The van der Waals surface area contributed by atoms with Gasteiger partial charge in [0.15, 0.2) is 0 Å². The number of nitrogens with one attached hydrogen (secondary N) is 1. The summed E-state index contributed by atoms with van der Waals surface area (Å²) in [7, 11) is -1.85. The third-order valence-electron chi connectivity index (χ3n) is 2.98. The molecule has 1 aromatic heterocycles. The molecule has 0 aliphatic carbocycles. The number of nitrogens with zero attached hydrogens (tertiary/aromatic N) is 2. The molecule has 1 atom stereocenters. The van der Waals surface area contributed by atoms with Gasteiger partial charge in [-0.05, 0) is 18.1 Å². The Morgan fingerprint density at radius 3 is 2.64 bits per heavy atom. The van der Waals surface area contributed by atoms with E-state index >= 15 is 0 Å². The molecular formula is C13H14F3N3O2S. The average Bonchev–Trinajstić information content (AvgIpc) is 2.80. The van der Waals surface area contributed by atoms with Crippen molar-refractivity contribution in [1.29, 1.82) is 0 Å². The van der Waals surface area contributed by atoms with Gasteiger partial charge in [-0.1, -0.05) is 25.1 Å². The molecule has 1 heterocycles. The van der Waals surface area contributed by atoms with Crippen LogP contribution in [0, 0.1) is 0 Å². The Morgan fingerprint density at radius 1 is 1.32 bits per heavy atom. The van der Waals surface area contributed by atoms with Gasteiger partial charge in [0.2, 0.25) is 5.16 Å². The molecule has 120 valence electrons. The normalized spacial score (nSPS) is 13.3. The summed E-state index contributed by atoms with van der Waals surface area (Å²) in [4.78, 5) is 11.5. The Kier molecular flexibility index (Phi) is 4.84. The van der Waals surface area contributed by atoms with Crippen LogP contribution in [-0.4, -0.2) is 19.0 Å². The molecule has 1 aromatic carbocycles. The molecule has 0 aliphatic heterocycles. The molecule has 0 spiro atoms. The Balaban J connectivity index is 2.33. The summed E-state index contributed by atoms with van der Waals surface area (Å²) in [6.45, 7) is 2.13. The lowest BCUT2D eigenvalue weighted by Crippen LogP contribution is -2.20. The zero-order valence-corrected chi connectivity index (χ0v) is 12.5. The van der Waals surface area contributed by atoms with Crippen molar-refractivity contribution in [3.63, 3.8) is 0 Å². The smallest absolute Gasteiger partial charge is 0.268 e. The lowest BCUT2D eigenvalue weighted by atomic mass is 10.1. The highest BCUT2D eigenvalue weighted by atomic mass is 32.2. The molecule has 5 nitrogen and oxygen atoms in total. The van der Waals surface area contributed by atoms with Crippen molar-refractivity contribution in [2.24, 2.45) is 0 Å². The third-order valence-corrected chi connectivity index (χ3v) is 4.28. The molecule has 2 rings (SSSR count). The first-order valence-electron chi connectivity index (χ1n) is 6.53. The summed E-state index contributed by atoms with van der Waals surface area (Å²) in [5.74, 6) is -0.357. The van der Waals surface area contributed by atoms with E-state index < -0.39 is 28.2 Å². The van der Waals surface area contributed by atoms with Gasteiger partial charge in [-0.15, -0.1) is 5.10 Å². The minimum atomic E-state index is -4.52. The molecule has 22 heavy (non-hydrogen) atoms. The average molecular weight is 333 g/mol. The van der Waals surface area contributed by atoms with E-state index in [1.54, 1.807) is 0 Å². The maximum atomic E-state index is 12.9. The summed E-state index contributed by atoms with van der Waals surface area (Å²) in [5.41, 5.74) is -1.44. The van der Waals surface area contributed by atoms with Crippen molar-refractivity contribution >= 4 is 10.8 Å². The fraction of sp³-hybridized carbons (Fsp3) is 0.385. The minimum Gasteiger partial charge on any atom is -0.268 e. The van der Waals surface area contributed by atoms with Crippen LogP contribution >= 0.6 is 0 Å². The van der Waals surface area contributed by atoms with Crippen LogP contribution in [0.1, 0.15) is 24.5 Å². The van der Waals surface area contributed by atoms with E-state index in [1.165, 1.54) is 22.8 Å². The number of halogens is 3. The van der Waals surface area contributed by atoms with Crippen molar-refractivity contribution < 1.29 is 17.4 Å². The maximum Gasteiger partial charge on any atom is 0.416 e. The first-order chi connectivity index (χ1) is 10.3.